The Hall–Kier alpha value is -1.74. The van der Waals surface area contributed by atoms with Gasteiger partial charge in [0.15, 0.2) is 0 Å². The van der Waals surface area contributed by atoms with Gasteiger partial charge in [-0.05, 0) is 61.2 Å². The summed E-state index contributed by atoms with van der Waals surface area (Å²) in [5.41, 5.74) is 6.45. The van der Waals surface area contributed by atoms with Crippen LogP contribution in [0.1, 0.15) is 40.8 Å². The molecular formula is C16H21N3. The first-order valence-corrected chi connectivity index (χ1v) is 6.71. The lowest BCUT2D eigenvalue weighted by Crippen LogP contribution is -2.23. The van der Waals surface area contributed by atoms with Crippen molar-refractivity contribution in [3.05, 3.63) is 58.4 Å². The number of rotatable bonds is 4. The standard InChI is InChI=1S/C16H21N3/c1-5-17-16(14-6-7-18-19-10-14)15-9-12(3)11(2)8-13(15)4/h6-10,16-17H,5H2,1-4H3. The molecule has 19 heavy (non-hydrogen) atoms. The molecule has 0 fully saturated rings. The molecule has 1 unspecified atom stereocenters. The van der Waals surface area contributed by atoms with Crippen molar-refractivity contribution in [2.45, 2.75) is 33.7 Å². The topological polar surface area (TPSA) is 37.8 Å². The van der Waals surface area contributed by atoms with Crippen LogP contribution in [-0.4, -0.2) is 16.7 Å². The molecule has 3 nitrogen and oxygen atoms in total. The fourth-order valence-corrected chi connectivity index (χ4v) is 2.38. The van der Waals surface area contributed by atoms with Crippen molar-refractivity contribution < 1.29 is 0 Å². The third kappa shape index (κ3) is 2.99. The summed E-state index contributed by atoms with van der Waals surface area (Å²) in [6.07, 6.45) is 3.58. The minimum absolute atomic E-state index is 0.180. The van der Waals surface area contributed by atoms with Gasteiger partial charge in [0.2, 0.25) is 0 Å². The predicted molar refractivity (Wildman–Crippen MR) is 78.2 cm³/mol. The van der Waals surface area contributed by atoms with E-state index in [4.69, 9.17) is 0 Å². The molecule has 2 aromatic rings. The quantitative estimate of drug-likeness (QED) is 0.912. The van der Waals surface area contributed by atoms with Gasteiger partial charge in [-0.3, -0.25) is 0 Å². The van der Waals surface area contributed by atoms with E-state index in [2.05, 4.69) is 55.3 Å². The third-order valence-electron chi connectivity index (χ3n) is 3.54. The van der Waals surface area contributed by atoms with Crippen molar-refractivity contribution in [2.75, 3.05) is 6.54 Å². The van der Waals surface area contributed by atoms with Crippen molar-refractivity contribution in [1.82, 2.24) is 15.5 Å². The molecule has 1 aromatic carbocycles. The second-order valence-corrected chi connectivity index (χ2v) is 4.96. The smallest absolute Gasteiger partial charge is 0.0595 e. The Morgan fingerprint density at radius 1 is 1.05 bits per heavy atom. The summed E-state index contributed by atoms with van der Waals surface area (Å²) in [5, 5.41) is 11.4. The summed E-state index contributed by atoms with van der Waals surface area (Å²) in [4.78, 5) is 0. The Balaban J connectivity index is 2.48. The van der Waals surface area contributed by atoms with E-state index >= 15 is 0 Å². The Labute approximate surface area is 115 Å². The van der Waals surface area contributed by atoms with Crippen molar-refractivity contribution in [3.8, 4) is 0 Å². The molecule has 0 aliphatic carbocycles. The van der Waals surface area contributed by atoms with E-state index < -0.39 is 0 Å². The monoisotopic (exact) mass is 255 g/mol. The molecule has 100 valence electrons. The maximum Gasteiger partial charge on any atom is 0.0595 e. The molecule has 0 radical (unpaired) electrons. The van der Waals surface area contributed by atoms with Crippen LogP contribution in [0.2, 0.25) is 0 Å². The fourth-order valence-electron chi connectivity index (χ4n) is 2.38. The van der Waals surface area contributed by atoms with Crippen LogP contribution < -0.4 is 5.32 Å². The average molecular weight is 255 g/mol. The Bertz CT molecular complexity index is 549. The van der Waals surface area contributed by atoms with Crippen LogP contribution in [0.3, 0.4) is 0 Å². The highest BCUT2D eigenvalue weighted by Gasteiger charge is 2.16. The molecule has 3 heteroatoms. The summed E-state index contributed by atoms with van der Waals surface area (Å²) in [6.45, 7) is 9.52. The van der Waals surface area contributed by atoms with E-state index in [0.717, 1.165) is 12.1 Å². The zero-order valence-electron chi connectivity index (χ0n) is 12.1. The van der Waals surface area contributed by atoms with Crippen molar-refractivity contribution in [1.29, 1.82) is 0 Å². The SMILES string of the molecule is CCNC(c1ccnnc1)c1cc(C)c(C)cc1C. The van der Waals surface area contributed by atoms with Crippen LogP contribution in [0, 0.1) is 20.8 Å². The number of aromatic nitrogens is 2. The van der Waals surface area contributed by atoms with Crippen LogP contribution in [0.5, 0.6) is 0 Å². The summed E-state index contributed by atoms with van der Waals surface area (Å²) < 4.78 is 0. The molecule has 1 N–H and O–H groups in total. The van der Waals surface area contributed by atoms with E-state index in [9.17, 15) is 0 Å². The number of hydrogen-bond acceptors (Lipinski definition) is 3. The van der Waals surface area contributed by atoms with Crippen molar-refractivity contribution in [3.63, 3.8) is 0 Å². The highest BCUT2D eigenvalue weighted by atomic mass is 15.1. The molecule has 1 heterocycles. The van der Waals surface area contributed by atoms with Gasteiger partial charge in [0.1, 0.15) is 0 Å². The van der Waals surface area contributed by atoms with Crippen LogP contribution in [0.15, 0.2) is 30.6 Å². The van der Waals surface area contributed by atoms with Crippen LogP contribution in [0.25, 0.3) is 0 Å². The molecule has 0 saturated carbocycles. The molecule has 0 aliphatic heterocycles. The van der Waals surface area contributed by atoms with Crippen molar-refractivity contribution >= 4 is 0 Å². The van der Waals surface area contributed by atoms with Gasteiger partial charge in [-0.1, -0.05) is 19.1 Å². The fraction of sp³-hybridized carbons (Fsp3) is 0.375. The number of aryl methyl sites for hydroxylation is 3. The van der Waals surface area contributed by atoms with Crippen LogP contribution >= 0.6 is 0 Å². The normalized spacial score (nSPS) is 12.4. The van der Waals surface area contributed by atoms with Gasteiger partial charge in [0, 0.05) is 6.20 Å². The van der Waals surface area contributed by atoms with Gasteiger partial charge in [-0.2, -0.15) is 10.2 Å². The lowest BCUT2D eigenvalue weighted by molar-refractivity contribution is 0.623. The first-order chi connectivity index (χ1) is 9.13. The summed E-state index contributed by atoms with van der Waals surface area (Å²) in [6, 6.07) is 6.73. The Kier molecular flexibility index (Phi) is 4.27. The lowest BCUT2D eigenvalue weighted by atomic mass is 9.92. The Morgan fingerprint density at radius 3 is 2.42 bits per heavy atom. The molecule has 1 atom stereocenters. The molecule has 0 bridgehead atoms. The first-order valence-electron chi connectivity index (χ1n) is 6.71. The van der Waals surface area contributed by atoms with Gasteiger partial charge in [0.25, 0.3) is 0 Å². The number of nitrogens with zero attached hydrogens (tertiary/aromatic N) is 2. The minimum Gasteiger partial charge on any atom is -0.306 e. The summed E-state index contributed by atoms with van der Waals surface area (Å²) in [5.74, 6) is 0. The van der Waals surface area contributed by atoms with E-state index in [1.165, 1.54) is 22.3 Å². The number of nitrogens with one attached hydrogen (secondary N) is 1. The molecule has 0 amide bonds. The van der Waals surface area contributed by atoms with E-state index in [-0.39, 0.29) is 6.04 Å². The molecule has 0 aliphatic rings. The molecule has 0 saturated heterocycles. The van der Waals surface area contributed by atoms with Gasteiger partial charge in [-0.25, -0.2) is 0 Å². The highest BCUT2D eigenvalue weighted by molar-refractivity contribution is 5.41. The number of benzene rings is 1. The lowest BCUT2D eigenvalue weighted by Gasteiger charge is -2.21. The zero-order valence-corrected chi connectivity index (χ0v) is 12.1. The molecule has 1 aromatic heterocycles. The van der Waals surface area contributed by atoms with Gasteiger partial charge in [-0.15, -0.1) is 0 Å². The van der Waals surface area contributed by atoms with Gasteiger partial charge in [0.05, 0.1) is 12.2 Å². The summed E-state index contributed by atoms with van der Waals surface area (Å²) >= 11 is 0. The highest BCUT2D eigenvalue weighted by Crippen LogP contribution is 2.26. The van der Waals surface area contributed by atoms with Crippen molar-refractivity contribution in [2.24, 2.45) is 0 Å². The van der Waals surface area contributed by atoms with Crippen LogP contribution in [-0.2, 0) is 0 Å². The van der Waals surface area contributed by atoms with E-state index in [1.807, 2.05) is 12.3 Å². The molecule has 0 spiro atoms. The second kappa shape index (κ2) is 5.93. The molecule has 2 rings (SSSR count). The molecular weight excluding hydrogens is 234 g/mol. The van der Waals surface area contributed by atoms with E-state index in [1.54, 1.807) is 6.20 Å². The van der Waals surface area contributed by atoms with Gasteiger partial charge >= 0.3 is 0 Å². The van der Waals surface area contributed by atoms with Gasteiger partial charge < -0.3 is 5.32 Å². The zero-order chi connectivity index (χ0) is 13.8. The third-order valence-corrected chi connectivity index (χ3v) is 3.54. The number of hydrogen-bond donors (Lipinski definition) is 1. The summed E-state index contributed by atoms with van der Waals surface area (Å²) in [7, 11) is 0. The first kappa shape index (κ1) is 13.7. The van der Waals surface area contributed by atoms with E-state index in [0.29, 0.717) is 0 Å². The maximum absolute atomic E-state index is 3.99. The largest absolute Gasteiger partial charge is 0.306 e. The minimum atomic E-state index is 0.180. The second-order valence-electron chi connectivity index (χ2n) is 4.96. The Morgan fingerprint density at radius 2 is 1.79 bits per heavy atom. The average Bonchev–Trinajstić information content (AvgIpc) is 2.42. The predicted octanol–water partition coefficient (Wildman–Crippen LogP) is 3.10. The van der Waals surface area contributed by atoms with Crippen LogP contribution in [0.4, 0.5) is 0 Å². The maximum atomic E-state index is 3.99.